The molecule has 4 aromatic rings. The number of H-pyrrole nitrogens is 1. The largest absolute Gasteiger partial charge is 0.316 e. The Morgan fingerprint density at radius 2 is 1.84 bits per heavy atom. The van der Waals surface area contributed by atoms with Crippen molar-refractivity contribution >= 4 is 16.7 Å². The van der Waals surface area contributed by atoms with Crippen molar-refractivity contribution in [3.63, 3.8) is 0 Å². The molecule has 0 saturated heterocycles. The Balaban J connectivity index is 2.10. The van der Waals surface area contributed by atoms with Gasteiger partial charge in [0, 0.05) is 19.0 Å². The number of nitrogens with one attached hydrogen (secondary N) is 1. The van der Waals surface area contributed by atoms with Gasteiger partial charge in [-0.2, -0.15) is 4.98 Å². The minimum atomic E-state index is -0.179. The molecule has 0 atom stereocenters. The number of fused-ring (bicyclic) bond motifs is 3. The zero-order chi connectivity index (χ0) is 17.7. The lowest BCUT2D eigenvalue weighted by Crippen LogP contribution is -2.14. The van der Waals surface area contributed by atoms with Crippen LogP contribution in [0.25, 0.3) is 22.6 Å². The first-order valence-corrected chi connectivity index (χ1v) is 8.35. The zero-order valence-electron chi connectivity index (χ0n) is 14.7. The van der Waals surface area contributed by atoms with Gasteiger partial charge in [0.05, 0.1) is 17.6 Å². The van der Waals surface area contributed by atoms with Crippen molar-refractivity contribution in [2.45, 2.75) is 40.5 Å². The van der Waals surface area contributed by atoms with Crippen LogP contribution < -0.4 is 5.56 Å². The fourth-order valence-corrected chi connectivity index (χ4v) is 3.21. The van der Waals surface area contributed by atoms with Crippen molar-refractivity contribution in [2.24, 2.45) is 0 Å². The van der Waals surface area contributed by atoms with Crippen molar-refractivity contribution in [3.8, 4) is 5.95 Å². The number of rotatable bonds is 3. The van der Waals surface area contributed by atoms with Crippen molar-refractivity contribution in [3.05, 3.63) is 45.8 Å². The standard InChI is InChI=1S/C17H19N7O/c1-5-12-19-9(3)8-23(12)17-18-7-11-15(22-17)24-13(6-2)20-10(4)14(24)16(25)21-11/h7-8H,5-6H2,1-4H3,(H,21,25). The first-order valence-electron chi connectivity index (χ1n) is 8.35. The molecule has 0 amide bonds. The van der Waals surface area contributed by atoms with Crippen LogP contribution in [0.3, 0.4) is 0 Å². The maximum absolute atomic E-state index is 12.4. The summed E-state index contributed by atoms with van der Waals surface area (Å²) < 4.78 is 3.73. The van der Waals surface area contributed by atoms with E-state index in [1.807, 2.05) is 42.9 Å². The maximum Gasteiger partial charge on any atom is 0.274 e. The zero-order valence-corrected chi connectivity index (χ0v) is 14.7. The third-order valence-corrected chi connectivity index (χ3v) is 4.30. The van der Waals surface area contributed by atoms with E-state index in [-0.39, 0.29) is 5.56 Å². The number of hydrogen-bond acceptors (Lipinski definition) is 5. The van der Waals surface area contributed by atoms with Crippen LogP contribution >= 0.6 is 0 Å². The van der Waals surface area contributed by atoms with Crippen molar-refractivity contribution in [2.75, 3.05) is 0 Å². The van der Waals surface area contributed by atoms with Gasteiger partial charge in [-0.15, -0.1) is 0 Å². The van der Waals surface area contributed by atoms with Gasteiger partial charge in [0.1, 0.15) is 22.7 Å². The summed E-state index contributed by atoms with van der Waals surface area (Å²) >= 11 is 0. The molecular formula is C17H19N7O. The second kappa shape index (κ2) is 5.51. The summed E-state index contributed by atoms with van der Waals surface area (Å²) in [5.41, 5.74) is 3.20. The SMILES string of the molecule is CCc1nc(C)cn1-c1ncc2[nH]c(=O)c3c(C)nc(CC)n3c2n1. The van der Waals surface area contributed by atoms with Crippen LogP contribution in [-0.2, 0) is 12.8 Å². The number of hydrogen-bond donors (Lipinski definition) is 1. The summed E-state index contributed by atoms with van der Waals surface area (Å²) in [5.74, 6) is 2.24. The van der Waals surface area contributed by atoms with Crippen molar-refractivity contribution in [1.82, 2.24) is 33.9 Å². The van der Waals surface area contributed by atoms with Crippen LogP contribution in [0, 0.1) is 13.8 Å². The quantitative estimate of drug-likeness (QED) is 0.616. The molecule has 8 nitrogen and oxygen atoms in total. The predicted molar refractivity (Wildman–Crippen MR) is 94.3 cm³/mol. The highest BCUT2D eigenvalue weighted by Gasteiger charge is 2.16. The highest BCUT2D eigenvalue weighted by atomic mass is 16.1. The van der Waals surface area contributed by atoms with E-state index < -0.39 is 0 Å². The van der Waals surface area contributed by atoms with E-state index in [1.165, 1.54) is 0 Å². The number of aromatic nitrogens is 7. The van der Waals surface area contributed by atoms with Crippen molar-refractivity contribution < 1.29 is 0 Å². The molecule has 0 radical (unpaired) electrons. The van der Waals surface area contributed by atoms with Gasteiger partial charge in [0.25, 0.3) is 5.56 Å². The molecule has 25 heavy (non-hydrogen) atoms. The second-order valence-electron chi connectivity index (χ2n) is 6.03. The average Bonchev–Trinajstić information content (AvgIpc) is 3.15. The highest BCUT2D eigenvalue weighted by molar-refractivity contribution is 5.75. The number of nitrogens with zero attached hydrogens (tertiary/aromatic N) is 6. The second-order valence-corrected chi connectivity index (χ2v) is 6.03. The molecule has 0 aliphatic carbocycles. The first-order chi connectivity index (χ1) is 12.0. The van der Waals surface area contributed by atoms with E-state index >= 15 is 0 Å². The Labute approximate surface area is 143 Å². The fourth-order valence-electron chi connectivity index (χ4n) is 3.21. The monoisotopic (exact) mass is 337 g/mol. The van der Waals surface area contributed by atoms with Gasteiger partial charge in [-0.05, 0) is 13.8 Å². The Kier molecular flexibility index (Phi) is 3.41. The van der Waals surface area contributed by atoms with E-state index in [2.05, 4.69) is 19.9 Å². The smallest absolute Gasteiger partial charge is 0.274 e. The average molecular weight is 337 g/mol. The lowest BCUT2D eigenvalue weighted by molar-refractivity contribution is 0.835. The van der Waals surface area contributed by atoms with Crippen LogP contribution in [0.4, 0.5) is 0 Å². The Morgan fingerprint density at radius 3 is 2.56 bits per heavy atom. The molecule has 0 fully saturated rings. The highest BCUT2D eigenvalue weighted by Crippen LogP contribution is 2.17. The summed E-state index contributed by atoms with van der Waals surface area (Å²) in [6.07, 6.45) is 5.04. The number of aromatic amines is 1. The molecule has 4 heterocycles. The normalized spacial score (nSPS) is 11.7. The van der Waals surface area contributed by atoms with Crippen LogP contribution in [0.2, 0.25) is 0 Å². The molecule has 8 heteroatoms. The fraction of sp³-hybridized carbons (Fsp3) is 0.353. The third-order valence-electron chi connectivity index (χ3n) is 4.30. The summed E-state index contributed by atoms with van der Waals surface area (Å²) in [4.78, 5) is 33.4. The maximum atomic E-state index is 12.4. The van der Waals surface area contributed by atoms with Crippen molar-refractivity contribution in [1.29, 1.82) is 0 Å². The molecule has 0 aliphatic heterocycles. The summed E-state index contributed by atoms with van der Waals surface area (Å²) in [5, 5.41) is 0. The van der Waals surface area contributed by atoms with Gasteiger partial charge in [-0.25, -0.2) is 15.0 Å². The third kappa shape index (κ3) is 2.25. The molecule has 4 aromatic heterocycles. The molecular weight excluding hydrogens is 318 g/mol. The minimum absolute atomic E-state index is 0.179. The molecule has 0 bridgehead atoms. The number of aryl methyl sites for hydroxylation is 4. The molecule has 0 unspecified atom stereocenters. The van der Waals surface area contributed by atoms with E-state index in [9.17, 15) is 4.79 Å². The Hall–Kier alpha value is -3.03. The topological polar surface area (TPSA) is 93.8 Å². The lowest BCUT2D eigenvalue weighted by Gasteiger charge is -2.08. The first kappa shape index (κ1) is 15.5. The Morgan fingerprint density at radius 1 is 1.08 bits per heavy atom. The molecule has 0 aromatic carbocycles. The lowest BCUT2D eigenvalue weighted by atomic mass is 10.4. The van der Waals surface area contributed by atoms with E-state index in [0.29, 0.717) is 34.7 Å². The molecule has 128 valence electrons. The van der Waals surface area contributed by atoms with E-state index in [1.54, 1.807) is 6.20 Å². The van der Waals surface area contributed by atoms with Crippen LogP contribution in [-0.4, -0.2) is 33.9 Å². The molecule has 1 N–H and O–H groups in total. The van der Waals surface area contributed by atoms with Gasteiger partial charge in [0.15, 0.2) is 5.65 Å². The van der Waals surface area contributed by atoms with Gasteiger partial charge in [0.2, 0.25) is 5.95 Å². The van der Waals surface area contributed by atoms with Gasteiger partial charge in [-0.3, -0.25) is 13.8 Å². The predicted octanol–water partition coefficient (Wildman–Crippen LogP) is 1.89. The summed E-state index contributed by atoms with van der Waals surface area (Å²) in [6, 6.07) is 0. The van der Waals surface area contributed by atoms with Crippen LogP contribution in [0.1, 0.15) is 36.9 Å². The minimum Gasteiger partial charge on any atom is -0.316 e. The van der Waals surface area contributed by atoms with Gasteiger partial charge in [-0.1, -0.05) is 13.8 Å². The van der Waals surface area contributed by atoms with E-state index in [0.717, 1.165) is 23.8 Å². The van der Waals surface area contributed by atoms with Gasteiger partial charge >= 0.3 is 0 Å². The molecule has 4 rings (SSSR count). The molecule has 0 spiro atoms. The summed E-state index contributed by atoms with van der Waals surface area (Å²) in [7, 11) is 0. The molecule has 0 aliphatic rings. The van der Waals surface area contributed by atoms with E-state index in [4.69, 9.17) is 4.98 Å². The Bertz CT molecular complexity index is 1170. The molecule has 0 saturated carbocycles. The van der Waals surface area contributed by atoms with Gasteiger partial charge < -0.3 is 4.98 Å². The van der Waals surface area contributed by atoms with Crippen LogP contribution in [0.5, 0.6) is 0 Å². The summed E-state index contributed by atoms with van der Waals surface area (Å²) in [6.45, 7) is 7.84. The number of imidazole rings is 2. The van der Waals surface area contributed by atoms with Crippen LogP contribution in [0.15, 0.2) is 17.2 Å².